The van der Waals surface area contributed by atoms with E-state index >= 15 is 0 Å². The molecule has 0 aliphatic carbocycles. The summed E-state index contributed by atoms with van der Waals surface area (Å²) < 4.78 is 5.14. The zero-order valence-corrected chi connectivity index (χ0v) is 10.4. The smallest absolute Gasteiger partial charge is 0.323 e. The largest absolute Gasteiger partial charge is 0.460 e. The summed E-state index contributed by atoms with van der Waals surface area (Å²) in [6, 6.07) is 9.43. The van der Waals surface area contributed by atoms with Crippen LogP contribution in [-0.2, 0) is 16.1 Å². The summed E-state index contributed by atoms with van der Waals surface area (Å²) >= 11 is 0. The Balaban J connectivity index is 0.00000225. The van der Waals surface area contributed by atoms with Crippen molar-refractivity contribution in [3.05, 3.63) is 35.9 Å². The van der Waals surface area contributed by atoms with Crippen molar-refractivity contribution in [1.82, 2.24) is 5.32 Å². The van der Waals surface area contributed by atoms with Crippen LogP contribution in [0.2, 0.25) is 0 Å². The number of hydrogen-bond donors (Lipinski definition) is 1. The summed E-state index contributed by atoms with van der Waals surface area (Å²) in [6.07, 6.45) is 0. The molecule has 0 saturated carbocycles. The summed E-state index contributed by atoms with van der Waals surface area (Å²) in [5, 5.41) is 3.01. The van der Waals surface area contributed by atoms with Crippen LogP contribution in [0.1, 0.15) is 19.4 Å². The van der Waals surface area contributed by atoms with Crippen molar-refractivity contribution in [2.45, 2.75) is 26.5 Å². The minimum absolute atomic E-state index is 0. The molecule has 1 aromatic carbocycles. The number of carbonyl (C=O) groups is 1. The molecule has 0 heterocycles. The zero-order chi connectivity index (χ0) is 11.1. The first-order valence-electron chi connectivity index (χ1n) is 5.18. The van der Waals surface area contributed by atoms with Gasteiger partial charge in [0.1, 0.15) is 12.6 Å². The van der Waals surface area contributed by atoms with Crippen molar-refractivity contribution in [2.75, 3.05) is 6.54 Å². The second-order valence-corrected chi connectivity index (χ2v) is 3.37. The zero-order valence-electron chi connectivity index (χ0n) is 9.60. The van der Waals surface area contributed by atoms with Crippen LogP contribution in [0.5, 0.6) is 0 Å². The molecule has 0 radical (unpaired) electrons. The average Bonchev–Trinajstić information content (AvgIpc) is 2.27. The molecule has 0 aliphatic rings. The van der Waals surface area contributed by atoms with Crippen LogP contribution in [0.15, 0.2) is 30.3 Å². The lowest BCUT2D eigenvalue weighted by molar-refractivity contribution is -0.147. The molecule has 1 N–H and O–H groups in total. The van der Waals surface area contributed by atoms with Gasteiger partial charge in [0.25, 0.3) is 0 Å². The van der Waals surface area contributed by atoms with Crippen molar-refractivity contribution in [1.29, 1.82) is 0 Å². The van der Waals surface area contributed by atoms with Crippen LogP contribution in [0.3, 0.4) is 0 Å². The molecule has 0 amide bonds. The molecule has 1 atom stereocenters. The van der Waals surface area contributed by atoms with Gasteiger partial charge >= 0.3 is 5.97 Å². The Labute approximate surface area is 103 Å². The van der Waals surface area contributed by atoms with Gasteiger partial charge < -0.3 is 10.1 Å². The van der Waals surface area contributed by atoms with E-state index in [1.165, 1.54) is 0 Å². The van der Waals surface area contributed by atoms with E-state index in [9.17, 15) is 4.79 Å². The van der Waals surface area contributed by atoms with Gasteiger partial charge in [-0.3, -0.25) is 4.79 Å². The van der Waals surface area contributed by atoms with Gasteiger partial charge in [0.15, 0.2) is 0 Å². The molecule has 90 valence electrons. The third-order valence-corrected chi connectivity index (χ3v) is 2.09. The van der Waals surface area contributed by atoms with Crippen molar-refractivity contribution >= 4 is 18.4 Å². The topological polar surface area (TPSA) is 38.3 Å². The minimum atomic E-state index is -0.237. The van der Waals surface area contributed by atoms with Crippen LogP contribution >= 0.6 is 12.4 Å². The lowest BCUT2D eigenvalue weighted by Crippen LogP contribution is -2.34. The van der Waals surface area contributed by atoms with Gasteiger partial charge in [-0.15, -0.1) is 12.4 Å². The van der Waals surface area contributed by atoms with E-state index in [4.69, 9.17) is 4.74 Å². The molecule has 0 aromatic heterocycles. The van der Waals surface area contributed by atoms with Gasteiger partial charge in [-0.2, -0.15) is 0 Å². The number of nitrogens with one attached hydrogen (secondary N) is 1. The van der Waals surface area contributed by atoms with Crippen molar-refractivity contribution in [2.24, 2.45) is 0 Å². The molecule has 0 unspecified atom stereocenters. The Morgan fingerprint density at radius 3 is 2.56 bits per heavy atom. The summed E-state index contributed by atoms with van der Waals surface area (Å²) in [5.74, 6) is -0.208. The maximum absolute atomic E-state index is 11.4. The Bertz CT molecular complexity index is 303. The molecule has 1 rings (SSSR count). The van der Waals surface area contributed by atoms with Gasteiger partial charge in [0.05, 0.1) is 0 Å². The third kappa shape index (κ3) is 5.14. The Morgan fingerprint density at radius 1 is 1.38 bits per heavy atom. The molecular weight excluding hydrogens is 226 g/mol. The Kier molecular flexibility index (Phi) is 7.60. The molecule has 0 spiro atoms. The monoisotopic (exact) mass is 243 g/mol. The Morgan fingerprint density at radius 2 is 2.00 bits per heavy atom. The lowest BCUT2D eigenvalue weighted by atomic mass is 10.2. The summed E-state index contributed by atoms with van der Waals surface area (Å²) in [6.45, 7) is 4.87. The lowest BCUT2D eigenvalue weighted by Gasteiger charge is -2.11. The molecule has 3 nitrogen and oxygen atoms in total. The number of esters is 1. The normalized spacial score (nSPS) is 11.4. The van der Waals surface area contributed by atoms with E-state index in [1.54, 1.807) is 6.92 Å². The summed E-state index contributed by atoms with van der Waals surface area (Å²) in [4.78, 5) is 11.4. The highest BCUT2D eigenvalue weighted by molar-refractivity contribution is 5.85. The number of hydrogen-bond acceptors (Lipinski definition) is 3. The van der Waals surface area contributed by atoms with Gasteiger partial charge in [0.2, 0.25) is 0 Å². The first-order chi connectivity index (χ1) is 7.24. The predicted octanol–water partition coefficient (Wildman–Crippen LogP) is 2.15. The fraction of sp³-hybridized carbons (Fsp3) is 0.417. The summed E-state index contributed by atoms with van der Waals surface area (Å²) in [5.41, 5.74) is 1.01. The van der Waals surface area contributed by atoms with Crippen LogP contribution in [0.4, 0.5) is 0 Å². The number of benzene rings is 1. The van der Waals surface area contributed by atoms with E-state index < -0.39 is 0 Å². The number of likely N-dealkylation sites (N-methyl/N-ethyl adjacent to an activating group) is 1. The van der Waals surface area contributed by atoms with E-state index in [-0.39, 0.29) is 24.4 Å². The van der Waals surface area contributed by atoms with Gasteiger partial charge in [-0.1, -0.05) is 37.3 Å². The van der Waals surface area contributed by atoms with E-state index in [0.29, 0.717) is 6.61 Å². The third-order valence-electron chi connectivity index (χ3n) is 2.09. The maximum Gasteiger partial charge on any atom is 0.323 e. The first kappa shape index (κ1) is 14.9. The van der Waals surface area contributed by atoms with Crippen molar-refractivity contribution < 1.29 is 9.53 Å². The first-order valence-corrected chi connectivity index (χ1v) is 5.18. The van der Waals surface area contributed by atoms with Crippen molar-refractivity contribution in [3.63, 3.8) is 0 Å². The van der Waals surface area contributed by atoms with Crippen LogP contribution in [-0.4, -0.2) is 18.6 Å². The maximum atomic E-state index is 11.4. The van der Waals surface area contributed by atoms with Crippen LogP contribution in [0, 0.1) is 0 Å². The van der Waals surface area contributed by atoms with Gasteiger partial charge in [0, 0.05) is 0 Å². The average molecular weight is 244 g/mol. The quantitative estimate of drug-likeness (QED) is 0.806. The van der Waals surface area contributed by atoms with Gasteiger partial charge in [-0.05, 0) is 19.0 Å². The molecule has 4 heteroatoms. The molecule has 0 fully saturated rings. The van der Waals surface area contributed by atoms with Crippen LogP contribution in [0.25, 0.3) is 0 Å². The fourth-order valence-electron chi connectivity index (χ4n) is 1.24. The minimum Gasteiger partial charge on any atom is -0.460 e. The molecule has 0 saturated heterocycles. The van der Waals surface area contributed by atoms with E-state index in [2.05, 4.69) is 5.32 Å². The number of ether oxygens (including phenoxy) is 1. The second kappa shape index (κ2) is 8.13. The Hall–Kier alpha value is -1.06. The molecule has 1 aromatic rings. The van der Waals surface area contributed by atoms with Crippen LogP contribution < -0.4 is 5.32 Å². The molecular formula is C12H18ClNO2. The number of carbonyl (C=O) groups excluding carboxylic acids is 1. The number of rotatable bonds is 5. The summed E-state index contributed by atoms with van der Waals surface area (Å²) in [7, 11) is 0. The van der Waals surface area contributed by atoms with Gasteiger partial charge in [-0.25, -0.2) is 0 Å². The van der Waals surface area contributed by atoms with Crippen molar-refractivity contribution in [3.8, 4) is 0 Å². The second-order valence-electron chi connectivity index (χ2n) is 3.37. The standard InChI is InChI=1S/C12H17NO2.ClH/c1-3-13-10(2)12(14)15-9-11-7-5-4-6-8-11;/h4-8,10,13H,3,9H2,1-2H3;1H/t10-;/m1./s1. The van der Waals surface area contributed by atoms with E-state index in [1.807, 2.05) is 37.3 Å². The highest BCUT2D eigenvalue weighted by Crippen LogP contribution is 2.01. The van der Waals surface area contributed by atoms with E-state index in [0.717, 1.165) is 12.1 Å². The molecule has 0 bridgehead atoms. The predicted molar refractivity (Wildman–Crippen MR) is 66.6 cm³/mol. The highest BCUT2D eigenvalue weighted by atomic mass is 35.5. The highest BCUT2D eigenvalue weighted by Gasteiger charge is 2.12. The number of halogens is 1. The fourth-order valence-corrected chi connectivity index (χ4v) is 1.24. The molecule has 0 aliphatic heterocycles. The molecule has 16 heavy (non-hydrogen) atoms. The SMILES string of the molecule is CCN[C@H](C)C(=O)OCc1ccccc1.Cl.